The van der Waals surface area contributed by atoms with Crippen LogP contribution >= 0.6 is 10.7 Å². The van der Waals surface area contributed by atoms with Crippen LogP contribution in [0.15, 0.2) is 11.0 Å². The molecule has 0 saturated heterocycles. The van der Waals surface area contributed by atoms with Crippen LogP contribution in [-0.2, 0) is 14.9 Å². The number of hydrogen-bond donors (Lipinski definition) is 2. The predicted octanol–water partition coefficient (Wildman–Crippen LogP) is -0.592. The van der Waals surface area contributed by atoms with Gasteiger partial charge in [-0.15, -0.1) is 0 Å². The molecule has 0 unspecified atom stereocenters. The van der Waals surface area contributed by atoms with E-state index in [1.165, 1.54) is 0 Å². The van der Waals surface area contributed by atoms with E-state index in [1.807, 2.05) is 0 Å². The number of hydrogen-bond acceptors (Lipinski definition) is 4. The molecule has 1 rings (SSSR count). The summed E-state index contributed by atoms with van der Waals surface area (Å²) in [6.07, 6.45) is 0.977. The van der Waals surface area contributed by atoms with Crippen molar-refractivity contribution in [2.45, 2.75) is 5.88 Å². The van der Waals surface area contributed by atoms with Crippen LogP contribution in [0, 0.1) is 0 Å². The van der Waals surface area contributed by atoms with Gasteiger partial charge in [-0.1, -0.05) is 0 Å². The van der Waals surface area contributed by atoms with Crippen molar-refractivity contribution in [2.75, 3.05) is 0 Å². The summed E-state index contributed by atoms with van der Waals surface area (Å²) in [5.41, 5.74) is -0.725. The quantitative estimate of drug-likeness (QED) is 0.641. The smallest absolute Gasteiger partial charge is 0.329 e. The summed E-state index contributed by atoms with van der Waals surface area (Å²) < 4.78 is 21.6. The molecule has 0 aliphatic rings. The summed E-state index contributed by atoms with van der Waals surface area (Å²) in [6, 6.07) is 0. The minimum absolute atomic E-state index is 0.468. The first-order valence-electron chi connectivity index (χ1n) is 2.79. The summed E-state index contributed by atoms with van der Waals surface area (Å²) in [5.74, 6) is -1.22. The molecule has 0 aliphatic heterocycles. The summed E-state index contributed by atoms with van der Waals surface area (Å²) in [6.45, 7) is 0. The zero-order valence-electron chi connectivity index (χ0n) is 5.69. The number of aromatic nitrogens is 2. The third-order valence-corrected chi connectivity index (χ3v) is 1.99. The van der Waals surface area contributed by atoms with Gasteiger partial charge in [0.2, 0.25) is 5.88 Å². The van der Waals surface area contributed by atoms with Crippen LogP contribution in [0.1, 0.15) is 0 Å². The van der Waals surface area contributed by atoms with Gasteiger partial charge >= 0.3 is 5.69 Å². The van der Waals surface area contributed by atoms with E-state index < -0.39 is 26.5 Å². The number of rotatable bonds is 2. The normalized spacial score (nSPS) is 11.8. The predicted molar refractivity (Wildman–Crippen MR) is 41.5 cm³/mol. The average molecular weight is 213 g/mol. The average Bonchev–Trinajstić information content (AvgIpc) is 2.16. The largest absolute Gasteiger partial charge is 0.493 e. The maximum Gasteiger partial charge on any atom is 0.329 e. The highest BCUT2D eigenvalue weighted by atomic mass is 35.7. The fraction of sp³-hybridized carbons (Fsp3) is 0.250. The SMILES string of the molecule is O=c1[nH]cc(O)n1CS(=O)(=O)Cl. The molecule has 1 heterocycles. The van der Waals surface area contributed by atoms with Gasteiger partial charge in [0.05, 0.1) is 6.20 Å². The van der Waals surface area contributed by atoms with E-state index in [2.05, 4.69) is 4.98 Å². The molecule has 68 valence electrons. The van der Waals surface area contributed by atoms with Crippen LogP contribution in [0.2, 0.25) is 0 Å². The molecular weight excluding hydrogens is 208 g/mol. The first-order valence-corrected chi connectivity index (χ1v) is 5.27. The molecule has 0 atom stereocenters. The van der Waals surface area contributed by atoms with E-state index in [9.17, 15) is 13.2 Å². The fourth-order valence-electron chi connectivity index (χ4n) is 0.665. The van der Waals surface area contributed by atoms with Crippen molar-refractivity contribution < 1.29 is 13.5 Å². The van der Waals surface area contributed by atoms with E-state index in [0.29, 0.717) is 4.57 Å². The lowest BCUT2D eigenvalue weighted by Crippen LogP contribution is -2.19. The molecule has 2 N–H and O–H groups in total. The Morgan fingerprint density at radius 3 is 2.58 bits per heavy atom. The molecule has 0 aromatic carbocycles. The van der Waals surface area contributed by atoms with Gasteiger partial charge in [-0.2, -0.15) is 0 Å². The van der Waals surface area contributed by atoms with Gasteiger partial charge in [0.15, 0.2) is 0 Å². The van der Waals surface area contributed by atoms with E-state index in [0.717, 1.165) is 6.20 Å². The standard InChI is InChI=1S/C4H5ClN2O4S/c5-12(10,11)2-7-3(8)1-6-4(7)9/h1,8H,2H2,(H,6,9). The van der Waals surface area contributed by atoms with Crippen molar-refractivity contribution in [1.82, 2.24) is 9.55 Å². The fourth-order valence-corrected chi connectivity index (χ4v) is 1.52. The Bertz CT molecular complexity index is 430. The lowest BCUT2D eigenvalue weighted by Gasteiger charge is -1.97. The third kappa shape index (κ3) is 2.02. The Hall–Kier alpha value is -0.950. The Balaban J connectivity index is 3.13. The summed E-state index contributed by atoms with van der Waals surface area (Å²) in [4.78, 5) is 12.8. The van der Waals surface area contributed by atoms with Gasteiger partial charge in [0.25, 0.3) is 9.05 Å². The van der Waals surface area contributed by atoms with E-state index in [-0.39, 0.29) is 0 Å². The maximum absolute atomic E-state index is 10.7. The van der Waals surface area contributed by atoms with Crippen LogP contribution in [0.5, 0.6) is 5.88 Å². The topological polar surface area (TPSA) is 92.2 Å². The highest BCUT2D eigenvalue weighted by Gasteiger charge is 2.12. The van der Waals surface area contributed by atoms with Gasteiger partial charge in [-0.05, 0) is 0 Å². The minimum Gasteiger partial charge on any atom is -0.493 e. The first-order chi connectivity index (χ1) is 5.40. The highest BCUT2D eigenvalue weighted by molar-refractivity contribution is 8.13. The van der Waals surface area contributed by atoms with Crippen molar-refractivity contribution >= 4 is 19.7 Å². The second kappa shape index (κ2) is 2.83. The van der Waals surface area contributed by atoms with Crippen LogP contribution in [0.25, 0.3) is 0 Å². The number of imidazole rings is 1. The zero-order valence-corrected chi connectivity index (χ0v) is 7.26. The molecule has 8 heteroatoms. The Morgan fingerprint density at radius 1 is 1.67 bits per heavy atom. The monoisotopic (exact) mass is 212 g/mol. The van der Waals surface area contributed by atoms with Crippen molar-refractivity contribution in [3.63, 3.8) is 0 Å². The summed E-state index contributed by atoms with van der Waals surface area (Å²) in [7, 11) is 1.02. The molecule has 0 fully saturated rings. The summed E-state index contributed by atoms with van der Waals surface area (Å²) >= 11 is 0. The minimum atomic E-state index is -3.84. The number of aromatic hydroxyl groups is 1. The molecule has 0 amide bonds. The molecule has 0 saturated carbocycles. The van der Waals surface area contributed by atoms with Crippen LogP contribution < -0.4 is 5.69 Å². The third-order valence-electron chi connectivity index (χ3n) is 1.13. The van der Waals surface area contributed by atoms with Crippen molar-refractivity contribution in [2.24, 2.45) is 0 Å². The molecule has 1 aromatic heterocycles. The summed E-state index contributed by atoms with van der Waals surface area (Å²) in [5, 5.41) is 8.90. The number of nitrogens with zero attached hydrogens (tertiary/aromatic N) is 1. The lowest BCUT2D eigenvalue weighted by atomic mass is 10.8. The molecular formula is C4H5ClN2O4S. The number of aromatic amines is 1. The van der Waals surface area contributed by atoms with E-state index in [1.54, 1.807) is 0 Å². The Morgan fingerprint density at radius 2 is 2.25 bits per heavy atom. The van der Waals surface area contributed by atoms with Crippen molar-refractivity contribution in [1.29, 1.82) is 0 Å². The first kappa shape index (κ1) is 9.14. The van der Waals surface area contributed by atoms with Gasteiger partial charge in [-0.3, -0.25) is 0 Å². The second-order valence-electron chi connectivity index (χ2n) is 2.05. The van der Waals surface area contributed by atoms with Gasteiger partial charge < -0.3 is 10.1 Å². The van der Waals surface area contributed by atoms with Crippen LogP contribution in [0.3, 0.4) is 0 Å². The van der Waals surface area contributed by atoms with Crippen LogP contribution in [0.4, 0.5) is 0 Å². The van der Waals surface area contributed by atoms with Gasteiger partial charge in [-0.25, -0.2) is 17.8 Å². The van der Waals surface area contributed by atoms with Crippen molar-refractivity contribution in [3.05, 3.63) is 16.7 Å². The molecule has 12 heavy (non-hydrogen) atoms. The van der Waals surface area contributed by atoms with Crippen LogP contribution in [-0.4, -0.2) is 23.1 Å². The molecule has 0 bridgehead atoms. The maximum atomic E-state index is 10.7. The molecule has 0 spiro atoms. The van der Waals surface area contributed by atoms with Gasteiger partial charge in [0.1, 0.15) is 5.88 Å². The number of halogens is 1. The Labute approximate surface area is 71.8 Å². The van der Waals surface area contributed by atoms with E-state index in [4.69, 9.17) is 15.8 Å². The lowest BCUT2D eigenvalue weighted by molar-refractivity contribution is 0.425. The second-order valence-corrected chi connectivity index (χ2v) is 4.79. The van der Waals surface area contributed by atoms with Gasteiger partial charge in [0, 0.05) is 10.7 Å². The molecule has 0 aliphatic carbocycles. The zero-order chi connectivity index (χ0) is 9.35. The Kier molecular flexibility index (Phi) is 2.16. The van der Waals surface area contributed by atoms with Crippen molar-refractivity contribution in [3.8, 4) is 5.88 Å². The highest BCUT2D eigenvalue weighted by Crippen LogP contribution is 2.07. The number of nitrogens with one attached hydrogen (secondary N) is 1. The number of H-pyrrole nitrogens is 1. The van der Waals surface area contributed by atoms with E-state index >= 15 is 0 Å². The molecule has 6 nitrogen and oxygen atoms in total. The molecule has 1 aromatic rings. The molecule has 0 radical (unpaired) electrons.